The lowest BCUT2D eigenvalue weighted by atomic mass is 9.82. The van der Waals surface area contributed by atoms with Crippen molar-refractivity contribution in [2.24, 2.45) is 5.41 Å². The highest BCUT2D eigenvalue weighted by molar-refractivity contribution is 6.31. The second kappa shape index (κ2) is 4.40. The summed E-state index contributed by atoms with van der Waals surface area (Å²) in [6, 6.07) is 6.79. The van der Waals surface area contributed by atoms with E-state index in [2.05, 4.69) is 6.07 Å². The van der Waals surface area contributed by atoms with Crippen molar-refractivity contribution in [3.8, 4) is 6.07 Å². The highest BCUT2D eigenvalue weighted by Gasteiger charge is 2.36. The first-order valence-corrected chi connectivity index (χ1v) is 5.47. The van der Waals surface area contributed by atoms with Gasteiger partial charge in [0, 0.05) is 17.2 Å². The number of hydrogen-bond donors (Lipinski definition) is 0. The molecule has 2 nitrogen and oxygen atoms in total. The van der Waals surface area contributed by atoms with Crippen LogP contribution in [0.25, 0.3) is 0 Å². The van der Waals surface area contributed by atoms with Gasteiger partial charge in [-0.25, -0.2) is 4.39 Å². The van der Waals surface area contributed by atoms with Gasteiger partial charge in [-0.2, -0.15) is 5.26 Å². The third-order valence-electron chi connectivity index (χ3n) is 2.92. The monoisotopic (exact) mass is 239 g/mol. The van der Waals surface area contributed by atoms with E-state index in [4.69, 9.17) is 21.6 Å². The Balaban J connectivity index is 2.30. The van der Waals surface area contributed by atoms with E-state index in [9.17, 15) is 4.39 Å². The van der Waals surface area contributed by atoms with Crippen LogP contribution in [-0.4, -0.2) is 13.2 Å². The molecule has 2 rings (SSSR count). The third-order valence-corrected chi connectivity index (χ3v) is 3.27. The number of nitrogens with zero attached hydrogens (tertiary/aromatic N) is 1. The van der Waals surface area contributed by atoms with Crippen LogP contribution in [0.15, 0.2) is 18.2 Å². The molecule has 1 aromatic carbocycles. The molecule has 16 heavy (non-hydrogen) atoms. The largest absolute Gasteiger partial charge is 0.380 e. The zero-order valence-electron chi connectivity index (χ0n) is 8.67. The van der Waals surface area contributed by atoms with Crippen LogP contribution in [-0.2, 0) is 11.2 Å². The number of hydrogen-bond acceptors (Lipinski definition) is 2. The second-order valence-electron chi connectivity index (χ2n) is 4.07. The van der Waals surface area contributed by atoms with Crippen LogP contribution in [0.5, 0.6) is 0 Å². The summed E-state index contributed by atoms with van der Waals surface area (Å²) in [5, 5.41) is 9.54. The summed E-state index contributed by atoms with van der Waals surface area (Å²) in [6.07, 6.45) is 0.948. The van der Waals surface area contributed by atoms with Crippen LogP contribution in [0.2, 0.25) is 5.02 Å². The van der Waals surface area contributed by atoms with Gasteiger partial charge in [-0.3, -0.25) is 0 Å². The average molecular weight is 240 g/mol. The molecular weight excluding hydrogens is 229 g/mol. The molecule has 1 aromatic rings. The van der Waals surface area contributed by atoms with Crippen molar-refractivity contribution in [2.45, 2.75) is 12.8 Å². The number of ether oxygens (including phenoxy) is 1. The SMILES string of the molecule is N#CC1(Cc2c(F)cccc2Cl)CCOC1. The van der Waals surface area contributed by atoms with E-state index < -0.39 is 5.41 Å². The summed E-state index contributed by atoms with van der Waals surface area (Å²) in [4.78, 5) is 0. The van der Waals surface area contributed by atoms with Crippen LogP contribution in [0.4, 0.5) is 4.39 Å². The van der Waals surface area contributed by atoms with Crippen molar-refractivity contribution < 1.29 is 9.13 Å². The zero-order valence-corrected chi connectivity index (χ0v) is 9.43. The average Bonchev–Trinajstić information content (AvgIpc) is 2.73. The molecule has 0 N–H and O–H groups in total. The third kappa shape index (κ3) is 2.04. The van der Waals surface area contributed by atoms with E-state index in [0.717, 1.165) is 0 Å². The summed E-state index contributed by atoms with van der Waals surface area (Å²) in [5.41, 5.74) is -0.206. The molecule has 84 valence electrons. The number of nitriles is 1. The molecule has 0 radical (unpaired) electrons. The molecule has 0 aliphatic carbocycles. The number of benzene rings is 1. The van der Waals surface area contributed by atoms with Crippen molar-refractivity contribution in [3.63, 3.8) is 0 Å². The Labute approximate surface area is 98.6 Å². The van der Waals surface area contributed by atoms with E-state index >= 15 is 0 Å². The molecule has 0 aromatic heterocycles. The Morgan fingerprint density at radius 3 is 2.94 bits per heavy atom. The Bertz CT molecular complexity index is 415. The summed E-state index contributed by atoms with van der Waals surface area (Å²) < 4.78 is 18.8. The lowest BCUT2D eigenvalue weighted by molar-refractivity contribution is 0.171. The molecule has 0 bridgehead atoms. The smallest absolute Gasteiger partial charge is 0.127 e. The minimum absolute atomic E-state index is 0.314. The van der Waals surface area contributed by atoms with Crippen molar-refractivity contribution in [1.29, 1.82) is 5.26 Å². The molecule has 1 atom stereocenters. The van der Waals surface area contributed by atoms with Gasteiger partial charge in [-0.15, -0.1) is 0 Å². The normalized spacial score (nSPS) is 24.3. The maximum absolute atomic E-state index is 13.6. The van der Waals surface area contributed by atoms with Crippen LogP contribution in [0.3, 0.4) is 0 Å². The van der Waals surface area contributed by atoms with Crippen LogP contribution in [0, 0.1) is 22.6 Å². The summed E-state index contributed by atoms with van der Waals surface area (Å²) in [6.45, 7) is 0.911. The quantitative estimate of drug-likeness (QED) is 0.795. The Hall–Kier alpha value is -1.11. The van der Waals surface area contributed by atoms with E-state index in [1.807, 2.05) is 0 Å². The van der Waals surface area contributed by atoms with Crippen LogP contribution >= 0.6 is 11.6 Å². The van der Waals surface area contributed by atoms with Crippen molar-refractivity contribution in [3.05, 3.63) is 34.6 Å². The fraction of sp³-hybridized carbons (Fsp3) is 0.417. The van der Waals surface area contributed by atoms with E-state index in [0.29, 0.717) is 36.6 Å². The van der Waals surface area contributed by atoms with Gasteiger partial charge in [0.25, 0.3) is 0 Å². The van der Waals surface area contributed by atoms with E-state index in [-0.39, 0.29) is 5.82 Å². The van der Waals surface area contributed by atoms with Gasteiger partial charge >= 0.3 is 0 Å². The first-order valence-electron chi connectivity index (χ1n) is 5.09. The van der Waals surface area contributed by atoms with E-state index in [1.54, 1.807) is 12.1 Å². The van der Waals surface area contributed by atoms with Gasteiger partial charge in [-0.1, -0.05) is 17.7 Å². The highest BCUT2D eigenvalue weighted by Crippen LogP contribution is 2.34. The summed E-state index contributed by atoms with van der Waals surface area (Å²) >= 11 is 5.94. The fourth-order valence-electron chi connectivity index (χ4n) is 1.91. The molecule has 0 saturated carbocycles. The maximum Gasteiger partial charge on any atom is 0.127 e. The Morgan fingerprint density at radius 1 is 1.56 bits per heavy atom. The molecule has 1 unspecified atom stereocenters. The zero-order chi connectivity index (χ0) is 11.6. The fourth-order valence-corrected chi connectivity index (χ4v) is 2.14. The Morgan fingerprint density at radius 2 is 2.38 bits per heavy atom. The first kappa shape index (κ1) is 11.4. The number of rotatable bonds is 2. The molecule has 0 amide bonds. The van der Waals surface area contributed by atoms with Gasteiger partial charge in [0.1, 0.15) is 5.82 Å². The minimum atomic E-state index is -0.619. The lowest BCUT2D eigenvalue weighted by Gasteiger charge is -2.19. The topological polar surface area (TPSA) is 33.0 Å². The molecular formula is C12H11ClFNO. The molecule has 1 fully saturated rings. The van der Waals surface area contributed by atoms with Gasteiger partial charge in [0.15, 0.2) is 0 Å². The van der Waals surface area contributed by atoms with Gasteiger partial charge in [0.05, 0.1) is 18.1 Å². The maximum atomic E-state index is 13.6. The molecule has 1 aliphatic heterocycles. The Kier molecular flexibility index (Phi) is 3.13. The molecule has 0 spiro atoms. The van der Waals surface area contributed by atoms with Gasteiger partial charge in [-0.05, 0) is 25.0 Å². The van der Waals surface area contributed by atoms with Gasteiger partial charge < -0.3 is 4.74 Å². The van der Waals surface area contributed by atoms with Crippen molar-refractivity contribution in [1.82, 2.24) is 0 Å². The lowest BCUT2D eigenvalue weighted by Crippen LogP contribution is -2.22. The summed E-state index contributed by atoms with van der Waals surface area (Å²) in [7, 11) is 0. The van der Waals surface area contributed by atoms with Crippen LogP contribution < -0.4 is 0 Å². The molecule has 1 saturated heterocycles. The number of halogens is 2. The minimum Gasteiger partial charge on any atom is -0.380 e. The van der Waals surface area contributed by atoms with Crippen molar-refractivity contribution >= 4 is 11.6 Å². The predicted octanol–water partition coefficient (Wildman–Crippen LogP) is 2.95. The standard InChI is InChI=1S/C12H11ClFNO/c13-10-2-1-3-11(14)9(10)6-12(7-15)4-5-16-8-12/h1-3H,4-6,8H2. The molecule has 4 heteroatoms. The van der Waals surface area contributed by atoms with Gasteiger partial charge in [0.2, 0.25) is 0 Å². The predicted molar refractivity (Wildman–Crippen MR) is 58.6 cm³/mol. The van der Waals surface area contributed by atoms with Crippen molar-refractivity contribution in [2.75, 3.05) is 13.2 Å². The second-order valence-corrected chi connectivity index (χ2v) is 4.48. The first-order chi connectivity index (χ1) is 7.67. The highest BCUT2D eigenvalue weighted by atomic mass is 35.5. The molecule has 1 heterocycles. The molecule has 1 aliphatic rings. The van der Waals surface area contributed by atoms with E-state index in [1.165, 1.54) is 6.07 Å². The summed E-state index contributed by atoms with van der Waals surface area (Å²) in [5.74, 6) is -0.353. The van der Waals surface area contributed by atoms with Crippen LogP contribution in [0.1, 0.15) is 12.0 Å².